The van der Waals surface area contributed by atoms with Crippen molar-refractivity contribution in [3.8, 4) is 0 Å². The van der Waals surface area contributed by atoms with Crippen LogP contribution in [0.15, 0.2) is 23.4 Å². The van der Waals surface area contributed by atoms with Crippen molar-refractivity contribution in [2.45, 2.75) is 12.5 Å². The summed E-state index contributed by atoms with van der Waals surface area (Å²) in [6.45, 7) is 0.774. The van der Waals surface area contributed by atoms with Gasteiger partial charge >= 0.3 is 0 Å². The molecular weight excluding hydrogens is 190 g/mol. The normalized spacial score (nSPS) is 24.8. The molecule has 1 amide bonds. The number of nitrogens with two attached hydrogens (primary N) is 1. The summed E-state index contributed by atoms with van der Waals surface area (Å²) in [5, 5.41) is 6.39. The van der Waals surface area contributed by atoms with Crippen LogP contribution in [-0.4, -0.2) is 18.6 Å². The van der Waals surface area contributed by atoms with E-state index in [2.05, 4.69) is 10.6 Å². The van der Waals surface area contributed by atoms with E-state index in [1.54, 1.807) is 6.08 Å². The number of allylic oxidation sites excluding steroid dienone is 2. The Balaban J connectivity index is 0.000000845. The van der Waals surface area contributed by atoms with E-state index in [0.717, 1.165) is 12.4 Å². The van der Waals surface area contributed by atoms with Crippen molar-refractivity contribution in [2.75, 3.05) is 6.67 Å². The lowest BCUT2D eigenvalue weighted by Gasteiger charge is -2.15. The highest BCUT2D eigenvalue weighted by molar-refractivity contribution is 5.92. The van der Waals surface area contributed by atoms with Gasteiger partial charge in [-0.15, -0.1) is 12.4 Å². The second-order valence-electron chi connectivity index (χ2n) is 2.99. The summed E-state index contributed by atoms with van der Waals surface area (Å²) in [5.74, 6) is -0.320. The van der Waals surface area contributed by atoms with Gasteiger partial charge in [0.2, 0.25) is 5.91 Å². The lowest BCUT2D eigenvalue weighted by atomic mass is 9.98. The lowest BCUT2D eigenvalue weighted by Crippen LogP contribution is -2.28. The molecule has 1 atom stereocenters. The SMILES string of the molecule is Cl.NC(=O)C1=CC=C2NCNC2C1. The van der Waals surface area contributed by atoms with Gasteiger partial charge in [0.25, 0.3) is 0 Å². The molecule has 0 radical (unpaired) electrons. The van der Waals surface area contributed by atoms with Crippen LogP contribution in [0.25, 0.3) is 0 Å². The number of fused-ring (bicyclic) bond motifs is 1. The van der Waals surface area contributed by atoms with E-state index >= 15 is 0 Å². The summed E-state index contributed by atoms with van der Waals surface area (Å²) in [4.78, 5) is 10.8. The first kappa shape index (κ1) is 10.1. The largest absolute Gasteiger partial charge is 0.374 e. The number of hydrogen-bond acceptors (Lipinski definition) is 3. The van der Waals surface area contributed by atoms with Gasteiger partial charge in [0, 0.05) is 11.3 Å². The van der Waals surface area contributed by atoms with Gasteiger partial charge in [-0.05, 0) is 12.5 Å². The molecule has 1 aliphatic carbocycles. The third-order valence-electron chi connectivity index (χ3n) is 2.22. The predicted octanol–water partition coefficient (Wildman–Crippen LogP) is -0.374. The van der Waals surface area contributed by atoms with Crippen LogP contribution in [0.3, 0.4) is 0 Å². The molecule has 0 aromatic heterocycles. The van der Waals surface area contributed by atoms with E-state index < -0.39 is 0 Å². The third-order valence-corrected chi connectivity index (χ3v) is 2.22. The highest BCUT2D eigenvalue weighted by atomic mass is 35.5. The second kappa shape index (κ2) is 3.81. The quantitative estimate of drug-likeness (QED) is 0.542. The van der Waals surface area contributed by atoms with Gasteiger partial charge in [0.05, 0.1) is 12.7 Å². The summed E-state index contributed by atoms with van der Waals surface area (Å²) < 4.78 is 0. The van der Waals surface area contributed by atoms with Crippen molar-refractivity contribution in [3.63, 3.8) is 0 Å². The zero-order chi connectivity index (χ0) is 8.55. The van der Waals surface area contributed by atoms with Gasteiger partial charge in [-0.25, -0.2) is 0 Å². The molecule has 0 saturated carbocycles. The molecule has 4 nitrogen and oxygen atoms in total. The maximum Gasteiger partial charge on any atom is 0.244 e. The zero-order valence-electron chi connectivity index (χ0n) is 7.04. The standard InChI is InChI=1S/C8H11N3O.ClH/c9-8(12)5-1-2-6-7(3-5)11-4-10-6;/h1-2,7,10-11H,3-4H2,(H2,9,12);1H. The monoisotopic (exact) mass is 201 g/mol. The molecular formula is C8H12ClN3O. The summed E-state index contributed by atoms with van der Waals surface area (Å²) in [5.41, 5.74) is 7.01. The molecule has 2 aliphatic rings. The molecule has 2 rings (SSSR count). The van der Waals surface area contributed by atoms with Crippen molar-refractivity contribution in [3.05, 3.63) is 23.4 Å². The fraction of sp³-hybridized carbons (Fsp3) is 0.375. The van der Waals surface area contributed by atoms with E-state index in [1.165, 1.54) is 0 Å². The minimum Gasteiger partial charge on any atom is -0.374 e. The van der Waals surface area contributed by atoms with Crippen molar-refractivity contribution < 1.29 is 4.79 Å². The van der Waals surface area contributed by atoms with Crippen LogP contribution >= 0.6 is 12.4 Å². The van der Waals surface area contributed by atoms with Gasteiger partial charge < -0.3 is 11.1 Å². The Labute approximate surface area is 82.7 Å². The van der Waals surface area contributed by atoms with Crippen LogP contribution in [0.4, 0.5) is 0 Å². The van der Waals surface area contributed by atoms with Crippen molar-refractivity contribution in [1.82, 2.24) is 10.6 Å². The van der Waals surface area contributed by atoms with Crippen LogP contribution < -0.4 is 16.4 Å². The first-order valence-corrected chi connectivity index (χ1v) is 3.95. The number of hydrogen-bond donors (Lipinski definition) is 3. The first-order valence-electron chi connectivity index (χ1n) is 3.95. The van der Waals surface area contributed by atoms with Crippen LogP contribution in [0.1, 0.15) is 6.42 Å². The Hall–Kier alpha value is -1.00. The van der Waals surface area contributed by atoms with Gasteiger partial charge in [0.15, 0.2) is 0 Å². The summed E-state index contributed by atoms with van der Waals surface area (Å²) in [7, 11) is 0. The topological polar surface area (TPSA) is 67.2 Å². The van der Waals surface area contributed by atoms with E-state index in [9.17, 15) is 4.79 Å². The molecule has 13 heavy (non-hydrogen) atoms. The van der Waals surface area contributed by atoms with Gasteiger partial charge in [0.1, 0.15) is 0 Å². The Kier molecular flexibility index (Phi) is 2.95. The number of rotatable bonds is 1. The summed E-state index contributed by atoms with van der Waals surface area (Å²) in [6, 6.07) is 0.262. The number of primary amides is 1. The minimum atomic E-state index is -0.320. The molecule has 1 aliphatic heterocycles. The van der Waals surface area contributed by atoms with E-state index in [4.69, 9.17) is 5.73 Å². The number of amides is 1. The van der Waals surface area contributed by atoms with E-state index in [0.29, 0.717) is 12.0 Å². The summed E-state index contributed by atoms with van der Waals surface area (Å²) >= 11 is 0. The second-order valence-corrected chi connectivity index (χ2v) is 2.99. The fourth-order valence-corrected chi connectivity index (χ4v) is 1.53. The molecule has 1 fully saturated rings. The highest BCUT2D eigenvalue weighted by Gasteiger charge is 2.24. The van der Waals surface area contributed by atoms with Gasteiger partial charge in [-0.1, -0.05) is 6.08 Å². The third kappa shape index (κ3) is 1.84. The number of carbonyl (C=O) groups excluding carboxylic acids is 1. The maximum atomic E-state index is 10.8. The van der Waals surface area contributed by atoms with Crippen LogP contribution in [0.5, 0.6) is 0 Å². The molecule has 72 valence electrons. The molecule has 5 heteroatoms. The number of halogens is 1. The molecule has 4 N–H and O–H groups in total. The average molecular weight is 202 g/mol. The molecule has 0 bridgehead atoms. The van der Waals surface area contributed by atoms with E-state index in [-0.39, 0.29) is 24.4 Å². The Morgan fingerprint density at radius 1 is 1.54 bits per heavy atom. The summed E-state index contributed by atoms with van der Waals surface area (Å²) in [6.07, 6.45) is 4.40. The molecule has 0 aromatic rings. The van der Waals surface area contributed by atoms with Gasteiger partial charge in [-0.3, -0.25) is 10.1 Å². The van der Waals surface area contributed by atoms with E-state index in [1.807, 2.05) is 6.08 Å². The Morgan fingerprint density at radius 2 is 2.31 bits per heavy atom. The number of nitrogens with one attached hydrogen (secondary N) is 2. The Bertz CT molecular complexity index is 285. The lowest BCUT2D eigenvalue weighted by molar-refractivity contribution is -0.114. The predicted molar refractivity (Wildman–Crippen MR) is 52.2 cm³/mol. The smallest absolute Gasteiger partial charge is 0.244 e. The fourth-order valence-electron chi connectivity index (χ4n) is 1.53. The first-order chi connectivity index (χ1) is 5.77. The van der Waals surface area contributed by atoms with Crippen molar-refractivity contribution >= 4 is 18.3 Å². The maximum absolute atomic E-state index is 10.8. The van der Waals surface area contributed by atoms with Crippen molar-refractivity contribution in [2.24, 2.45) is 5.73 Å². The van der Waals surface area contributed by atoms with Crippen LogP contribution in [0, 0.1) is 0 Å². The highest BCUT2D eigenvalue weighted by Crippen LogP contribution is 2.19. The molecule has 1 saturated heterocycles. The molecule has 1 unspecified atom stereocenters. The van der Waals surface area contributed by atoms with Crippen molar-refractivity contribution in [1.29, 1.82) is 0 Å². The van der Waals surface area contributed by atoms with Gasteiger partial charge in [-0.2, -0.15) is 0 Å². The molecule has 1 heterocycles. The molecule has 0 spiro atoms. The minimum absolute atomic E-state index is 0. The molecule has 0 aromatic carbocycles. The van der Waals surface area contributed by atoms with Crippen LogP contribution in [0.2, 0.25) is 0 Å². The Morgan fingerprint density at radius 3 is 3.00 bits per heavy atom. The van der Waals surface area contributed by atoms with Crippen LogP contribution in [-0.2, 0) is 4.79 Å². The zero-order valence-corrected chi connectivity index (χ0v) is 7.86. The number of carbonyl (C=O) groups is 1. The average Bonchev–Trinajstić information content (AvgIpc) is 2.49.